The second-order valence-corrected chi connectivity index (χ2v) is 4.86. The molecule has 0 unspecified atom stereocenters. The van der Waals surface area contributed by atoms with Crippen LogP contribution >= 0.6 is 11.8 Å². The standard InChI is InChI=1S/C9H12N4S/c1-6(2)14-9-8-11-3-4-13(8)5-7(10)12-9/h3-6H,10H2,1-2H3. The van der Waals surface area contributed by atoms with E-state index in [1.807, 2.05) is 10.6 Å². The van der Waals surface area contributed by atoms with Crippen LogP contribution in [0.5, 0.6) is 0 Å². The van der Waals surface area contributed by atoms with Gasteiger partial charge in [-0.1, -0.05) is 25.6 Å². The number of rotatable bonds is 2. The fraction of sp³-hybridized carbons (Fsp3) is 0.333. The Kier molecular flexibility index (Phi) is 2.33. The summed E-state index contributed by atoms with van der Waals surface area (Å²) in [5, 5.41) is 1.37. The van der Waals surface area contributed by atoms with Crippen LogP contribution in [0.15, 0.2) is 23.6 Å². The monoisotopic (exact) mass is 208 g/mol. The molecule has 0 saturated carbocycles. The minimum absolute atomic E-state index is 0.477. The Hall–Kier alpha value is -1.23. The minimum atomic E-state index is 0.477. The van der Waals surface area contributed by atoms with E-state index in [9.17, 15) is 0 Å². The highest BCUT2D eigenvalue weighted by atomic mass is 32.2. The number of hydrogen-bond acceptors (Lipinski definition) is 4. The van der Waals surface area contributed by atoms with Crippen molar-refractivity contribution in [1.29, 1.82) is 0 Å². The molecule has 0 amide bonds. The van der Waals surface area contributed by atoms with Gasteiger partial charge in [0.1, 0.15) is 10.8 Å². The summed E-state index contributed by atoms with van der Waals surface area (Å²) >= 11 is 1.67. The molecular formula is C9H12N4S. The smallest absolute Gasteiger partial charge is 0.169 e. The first-order valence-corrected chi connectivity index (χ1v) is 5.30. The van der Waals surface area contributed by atoms with Crippen molar-refractivity contribution in [3.8, 4) is 0 Å². The van der Waals surface area contributed by atoms with Crippen molar-refractivity contribution in [2.75, 3.05) is 5.73 Å². The van der Waals surface area contributed by atoms with Gasteiger partial charge in [-0.15, -0.1) is 0 Å². The number of nitrogens with two attached hydrogens (primary N) is 1. The Balaban J connectivity index is 2.55. The molecule has 2 aromatic heterocycles. The van der Waals surface area contributed by atoms with E-state index in [-0.39, 0.29) is 0 Å². The molecule has 14 heavy (non-hydrogen) atoms. The van der Waals surface area contributed by atoms with Gasteiger partial charge in [0.05, 0.1) is 6.20 Å². The molecular weight excluding hydrogens is 196 g/mol. The van der Waals surface area contributed by atoms with Gasteiger partial charge in [0.2, 0.25) is 0 Å². The summed E-state index contributed by atoms with van der Waals surface area (Å²) in [6.45, 7) is 4.24. The fourth-order valence-electron chi connectivity index (χ4n) is 1.22. The third-order valence-corrected chi connectivity index (χ3v) is 2.68. The Morgan fingerprint density at radius 3 is 3.00 bits per heavy atom. The fourth-order valence-corrected chi connectivity index (χ4v) is 2.09. The van der Waals surface area contributed by atoms with Gasteiger partial charge < -0.3 is 10.1 Å². The summed E-state index contributed by atoms with van der Waals surface area (Å²) in [7, 11) is 0. The van der Waals surface area contributed by atoms with Crippen LogP contribution in [0.2, 0.25) is 0 Å². The number of hydrogen-bond donors (Lipinski definition) is 1. The number of imidazole rings is 1. The van der Waals surface area contributed by atoms with E-state index in [1.54, 1.807) is 24.2 Å². The maximum Gasteiger partial charge on any atom is 0.169 e. The van der Waals surface area contributed by atoms with Crippen molar-refractivity contribution >= 4 is 23.2 Å². The number of aromatic nitrogens is 3. The van der Waals surface area contributed by atoms with E-state index >= 15 is 0 Å². The molecule has 2 rings (SSSR count). The number of nitrogen functional groups attached to an aromatic ring is 1. The van der Waals surface area contributed by atoms with Crippen LogP contribution in [-0.4, -0.2) is 19.6 Å². The van der Waals surface area contributed by atoms with E-state index in [0.29, 0.717) is 11.1 Å². The summed E-state index contributed by atoms with van der Waals surface area (Å²) in [4.78, 5) is 8.51. The van der Waals surface area contributed by atoms with Crippen LogP contribution < -0.4 is 5.73 Å². The summed E-state index contributed by atoms with van der Waals surface area (Å²) in [5.41, 5.74) is 6.56. The second kappa shape index (κ2) is 3.49. The van der Waals surface area contributed by atoms with Crippen molar-refractivity contribution in [3.63, 3.8) is 0 Å². The summed E-state index contributed by atoms with van der Waals surface area (Å²) < 4.78 is 1.90. The number of anilines is 1. The maximum absolute atomic E-state index is 5.69. The lowest BCUT2D eigenvalue weighted by molar-refractivity contribution is 1.03. The minimum Gasteiger partial charge on any atom is -0.382 e. The summed E-state index contributed by atoms with van der Waals surface area (Å²) in [6.07, 6.45) is 5.39. The lowest BCUT2D eigenvalue weighted by Gasteiger charge is -2.06. The van der Waals surface area contributed by atoms with E-state index in [1.165, 1.54) is 0 Å². The highest BCUT2D eigenvalue weighted by Crippen LogP contribution is 2.25. The van der Waals surface area contributed by atoms with E-state index < -0.39 is 0 Å². The predicted octanol–water partition coefficient (Wildman–Crippen LogP) is 1.81. The largest absolute Gasteiger partial charge is 0.382 e. The molecule has 0 bridgehead atoms. The molecule has 0 spiro atoms. The normalized spacial score (nSPS) is 11.4. The zero-order chi connectivity index (χ0) is 10.1. The first kappa shape index (κ1) is 9.33. The van der Waals surface area contributed by atoms with Crippen molar-refractivity contribution in [2.24, 2.45) is 0 Å². The molecule has 0 atom stereocenters. The molecule has 2 heterocycles. The number of thioether (sulfide) groups is 1. The second-order valence-electron chi connectivity index (χ2n) is 3.30. The first-order chi connectivity index (χ1) is 6.66. The quantitative estimate of drug-likeness (QED) is 0.765. The van der Waals surface area contributed by atoms with E-state index in [0.717, 1.165) is 10.7 Å². The third-order valence-electron chi connectivity index (χ3n) is 1.71. The van der Waals surface area contributed by atoms with Gasteiger partial charge in [-0.25, -0.2) is 9.97 Å². The Labute approximate surface area is 86.5 Å². The van der Waals surface area contributed by atoms with Gasteiger partial charge in [-0.3, -0.25) is 0 Å². The molecule has 0 aliphatic rings. The molecule has 0 aliphatic carbocycles. The van der Waals surface area contributed by atoms with Crippen molar-refractivity contribution in [3.05, 3.63) is 18.6 Å². The van der Waals surface area contributed by atoms with Gasteiger partial charge in [0.25, 0.3) is 0 Å². The van der Waals surface area contributed by atoms with E-state index in [2.05, 4.69) is 23.8 Å². The van der Waals surface area contributed by atoms with Gasteiger partial charge in [-0.05, 0) is 0 Å². The zero-order valence-corrected chi connectivity index (χ0v) is 8.95. The van der Waals surface area contributed by atoms with Crippen LogP contribution in [0.25, 0.3) is 5.65 Å². The molecule has 0 aliphatic heterocycles. The Bertz CT molecular complexity index is 449. The highest BCUT2D eigenvalue weighted by molar-refractivity contribution is 8.00. The van der Waals surface area contributed by atoms with Gasteiger partial charge in [-0.2, -0.15) is 0 Å². The maximum atomic E-state index is 5.69. The summed E-state index contributed by atoms with van der Waals surface area (Å²) in [6, 6.07) is 0. The highest BCUT2D eigenvalue weighted by Gasteiger charge is 2.08. The average molecular weight is 208 g/mol. The van der Waals surface area contributed by atoms with Crippen molar-refractivity contribution in [2.45, 2.75) is 24.1 Å². The van der Waals surface area contributed by atoms with Crippen molar-refractivity contribution < 1.29 is 0 Å². The molecule has 2 aromatic rings. The van der Waals surface area contributed by atoms with Crippen LogP contribution in [0.4, 0.5) is 5.82 Å². The molecule has 74 valence electrons. The first-order valence-electron chi connectivity index (χ1n) is 4.42. The van der Waals surface area contributed by atoms with Crippen LogP contribution in [-0.2, 0) is 0 Å². The Morgan fingerprint density at radius 1 is 1.50 bits per heavy atom. The molecule has 0 saturated heterocycles. The molecule has 0 radical (unpaired) electrons. The van der Waals surface area contributed by atoms with Crippen LogP contribution in [0, 0.1) is 0 Å². The summed E-state index contributed by atoms with van der Waals surface area (Å²) in [5.74, 6) is 0.527. The molecule has 2 N–H and O–H groups in total. The lowest BCUT2D eigenvalue weighted by atomic mass is 10.6. The van der Waals surface area contributed by atoms with Crippen LogP contribution in [0.1, 0.15) is 13.8 Å². The number of fused-ring (bicyclic) bond motifs is 1. The van der Waals surface area contributed by atoms with Crippen molar-refractivity contribution in [1.82, 2.24) is 14.4 Å². The molecule has 4 nitrogen and oxygen atoms in total. The average Bonchev–Trinajstić information content (AvgIpc) is 2.50. The van der Waals surface area contributed by atoms with Gasteiger partial charge in [0, 0.05) is 17.6 Å². The lowest BCUT2D eigenvalue weighted by Crippen LogP contribution is -1.99. The molecule has 5 heteroatoms. The van der Waals surface area contributed by atoms with Crippen LogP contribution in [0.3, 0.4) is 0 Å². The van der Waals surface area contributed by atoms with Gasteiger partial charge in [0.15, 0.2) is 5.65 Å². The molecule has 0 fully saturated rings. The predicted molar refractivity (Wildman–Crippen MR) is 58.4 cm³/mol. The van der Waals surface area contributed by atoms with Gasteiger partial charge >= 0.3 is 0 Å². The zero-order valence-electron chi connectivity index (χ0n) is 8.14. The molecule has 0 aromatic carbocycles. The topological polar surface area (TPSA) is 56.2 Å². The third kappa shape index (κ3) is 1.68. The number of nitrogens with zero attached hydrogens (tertiary/aromatic N) is 3. The van der Waals surface area contributed by atoms with E-state index in [4.69, 9.17) is 5.73 Å². The Morgan fingerprint density at radius 2 is 2.29 bits per heavy atom. The SMILES string of the molecule is CC(C)Sc1nc(N)cn2ccnc12.